The summed E-state index contributed by atoms with van der Waals surface area (Å²) in [6.45, 7) is 4.54. The predicted molar refractivity (Wildman–Crippen MR) is 129 cm³/mol. The number of unbranched alkanes of at least 4 members (excludes halogenated alkanes) is 1. The molecule has 4 rings (SSSR count). The van der Waals surface area contributed by atoms with E-state index in [0.29, 0.717) is 23.4 Å². The summed E-state index contributed by atoms with van der Waals surface area (Å²) in [5, 5.41) is 5.80. The largest absolute Gasteiger partial charge is 0.367 e. The molecule has 0 aromatic heterocycles. The number of nitrogens with zero attached hydrogens (tertiary/aromatic N) is 1. The van der Waals surface area contributed by atoms with Crippen molar-refractivity contribution in [2.24, 2.45) is 0 Å². The Labute approximate surface area is 189 Å². The third-order valence-electron chi connectivity index (χ3n) is 5.81. The van der Waals surface area contributed by atoms with E-state index in [1.807, 2.05) is 30.3 Å². The van der Waals surface area contributed by atoms with E-state index in [4.69, 9.17) is 0 Å². The van der Waals surface area contributed by atoms with Crippen LogP contribution in [0.3, 0.4) is 0 Å². The van der Waals surface area contributed by atoms with Crippen molar-refractivity contribution in [3.05, 3.63) is 95.1 Å². The van der Waals surface area contributed by atoms with Gasteiger partial charge in [-0.2, -0.15) is 0 Å². The minimum atomic E-state index is -0.225. The molecule has 0 atom stereocenters. The summed E-state index contributed by atoms with van der Waals surface area (Å²) < 4.78 is 0. The van der Waals surface area contributed by atoms with Crippen LogP contribution in [0, 0.1) is 0 Å². The Hall–Kier alpha value is -3.60. The number of para-hydroxylation sites is 2. The van der Waals surface area contributed by atoms with E-state index in [9.17, 15) is 9.59 Å². The Morgan fingerprint density at radius 3 is 2.47 bits per heavy atom. The van der Waals surface area contributed by atoms with Gasteiger partial charge in [-0.3, -0.25) is 9.59 Å². The van der Waals surface area contributed by atoms with Gasteiger partial charge in [-0.05, 0) is 54.3 Å². The maximum atomic E-state index is 12.8. The Bertz CT molecular complexity index is 1090. The van der Waals surface area contributed by atoms with Crippen LogP contribution in [0.4, 0.5) is 11.4 Å². The van der Waals surface area contributed by atoms with Crippen molar-refractivity contribution in [3.63, 3.8) is 0 Å². The molecule has 1 aliphatic heterocycles. The zero-order valence-corrected chi connectivity index (χ0v) is 18.4. The molecule has 3 aromatic carbocycles. The van der Waals surface area contributed by atoms with Crippen LogP contribution in [-0.2, 0) is 13.0 Å². The first kappa shape index (κ1) is 21.6. The van der Waals surface area contributed by atoms with Crippen LogP contribution >= 0.6 is 0 Å². The number of carbonyl (C=O) groups is 2. The maximum Gasteiger partial charge on any atom is 0.255 e. The molecule has 0 saturated carbocycles. The molecular formula is C27H29N3O2. The van der Waals surface area contributed by atoms with Gasteiger partial charge in [-0.15, -0.1) is 0 Å². The van der Waals surface area contributed by atoms with E-state index >= 15 is 0 Å². The lowest BCUT2D eigenvalue weighted by atomic mass is 10.1. The molecule has 1 heterocycles. The molecule has 2 N–H and O–H groups in total. The topological polar surface area (TPSA) is 61.4 Å². The second-order valence-corrected chi connectivity index (χ2v) is 8.11. The van der Waals surface area contributed by atoms with Crippen molar-refractivity contribution in [3.8, 4) is 0 Å². The van der Waals surface area contributed by atoms with Crippen molar-refractivity contribution >= 4 is 23.2 Å². The number of carbonyl (C=O) groups excluding carboxylic acids is 2. The lowest BCUT2D eigenvalue weighted by Crippen LogP contribution is -2.26. The third-order valence-corrected chi connectivity index (χ3v) is 5.81. The van der Waals surface area contributed by atoms with Crippen LogP contribution in [0.5, 0.6) is 0 Å². The number of benzene rings is 3. The highest BCUT2D eigenvalue weighted by molar-refractivity contribution is 6.09. The summed E-state index contributed by atoms with van der Waals surface area (Å²) in [6.07, 6.45) is 3.01. The highest BCUT2D eigenvalue weighted by Crippen LogP contribution is 2.28. The van der Waals surface area contributed by atoms with Crippen molar-refractivity contribution in [2.45, 2.75) is 32.7 Å². The van der Waals surface area contributed by atoms with E-state index in [-0.39, 0.29) is 11.8 Å². The number of nitrogens with one attached hydrogen (secondary N) is 2. The minimum Gasteiger partial charge on any atom is -0.367 e. The van der Waals surface area contributed by atoms with E-state index in [0.717, 1.165) is 37.9 Å². The molecule has 3 aromatic rings. The van der Waals surface area contributed by atoms with Gasteiger partial charge in [-0.25, -0.2) is 0 Å². The molecule has 0 bridgehead atoms. The minimum absolute atomic E-state index is 0.171. The normalized spacial score (nSPS) is 12.3. The number of anilines is 2. The summed E-state index contributed by atoms with van der Waals surface area (Å²) in [4.78, 5) is 27.7. The van der Waals surface area contributed by atoms with E-state index in [1.54, 1.807) is 18.2 Å². The van der Waals surface area contributed by atoms with Crippen LogP contribution in [0.1, 0.15) is 51.6 Å². The van der Waals surface area contributed by atoms with Gasteiger partial charge in [0.25, 0.3) is 11.8 Å². The Kier molecular flexibility index (Phi) is 6.85. The first-order valence-electron chi connectivity index (χ1n) is 11.3. The number of rotatable bonds is 8. The lowest BCUT2D eigenvalue weighted by molar-refractivity contribution is 0.0954. The summed E-state index contributed by atoms with van der Waals surface area (Å²) in [7, 11) is 0. The Morgan fingerprint density at radius 2 is 1.66 bits per heavy atom. The van der Waals surface area contributed by atoms with Crippen molar-refractivity contribution < 1.29 is 9.59 Å². The maximum absolute atomic E-state index is 12.8. The first-order valence-corrected chi connectivity index (χ1v) is 11.3. The molecule has 32 heavy (non-hydrogen) atoms. The van der Waals surface area contributed by atoms with Crippen LogP contribution < -0.4 is 15.5 Å². The van der Waals surface area contributed by atoms with Gasteiger partial charge >= 0.3 is 0 Å². The number of hydrogen-bond donors (Lipinski definition) is 2. The number of amides is 2. The fourth-order valence-electron chi connectivity index (χ4n) is 4.01. The van der Waals surface area contributed by atoms with E-state index in [2.05, 4.69) is 46.7 Å². The monoisotopic (exact) mass is 427 g/mol. The average Bonchev–Trinajstić information content (AvgIpc) is 3.23. The van der Waals surface area contributed by atoms with Crippen LogP contribution in [0.15, 0.2) is 72.8 Å². The lowest BCUT2D eigenvalue weighted by Gasteiger charge is -2.19. The van der Waals surface area contributed by atoms with Crippen LogP contribution in [0.25, 0.3) is 0 Å². The molecule has 0 radical (unpaired) electrons. The average molecular weight is 428 g/mol. The highest BCUT2D eigenvalue weighted by Gasteiger charge is 2.18. The molecule has 5 heteroatoms. The summed E-state index contributed by atoms with van der Waals surface area (Å²) >= 11 is 0. The second kappa shape index (κ2) is 10.1. The van der Waals surface area contributed by atoms with Crippen LogP contribution in [0.2, 0.25) is 0 Å². The summed E-state index contributed by atoms with van der Waals surface area (Å²) in [5.41, 5.74) is 5.40. The van der Waals surface area contributed by atoms with Crippen molar-refractivity contribution in [1.82, 2.24) is 5.32 Å². The predicted octanol–water partition coefficient (Wildman–Crippen LogP) is 5.03. The fraction of sp³-hybridized carbons (Fsp3) is 0.259. The van der Waals surface area contributed by atoms with E-state index < -0.39 is 0 Å². The van der Waals surface area contributed by atoms with Crippen molar-refractivity contribution in [1.29, 1.82) is 0 Å². The van der Waals surface area contributed by atoms with Gasteiger partial charge in [0.2, 0.25) is 0 Å². The first-order chi connectivity index (χ1) is 15.7. The van der Waals surface area contributed by atoms with Crippen molar-refractivity contribution in [2.75, 3.05) is 23.3 Å². The zero-order valence-electron chi connectivity index (χ0n) is 18.4. The van der Waals surface area contributed by atoms with Gasteiger partial charge in [0.1, 0.15) is 0 Å². The van der Waals surface area contributed by atoms with Gasteiger partial charge in [0, 0.05) is 30.9 Å². The molecule has 164 valence electrons. The molecule has 0 fully saturated rings. The molecular weight excluding hydrogens is 398 g/mol. The smallest absolute Gasteiger partial charge is 0.255 e. The molecule has 0 saturated heterocycles. The molecule has 1 aliphatic rings. The van der Waals surface area contributed by atoms with Gasteiger partial charge in [-0.1, -0.05) is 55.8 Å². The second-order valence-electron chi connectivity index (χ2n) is 8.11. The molecule has 2 amide bonds. The molecule has 5 nitrogen and oxygen atoms in total. The SMILES string of the molecule is CCCCNC(=O)c1ccccc1NC(=O)c1ccc(CN2CCc3ccccc32)cc1. The highest BCUT2D eigenvalue weighted by atomic mass is 16.2. The standard InChI is InChI=1S/C27H29N3O2/c1-2-3-17-28-27(32)23-9-5-6-10-24(23)29-26(31)22-14-12-20(13-15-22)19-30-18-16-21-8-4-7-11-25(21)30/h4-15H,2-3,16-19H2,1H3,(H,28,32)(H,29,31). The summed E-state index contributed by atoms with van der Waals surface area (Å²) in [6, 6.07) is 23.3. The van der Waals surface area contributed by atoms with Gasteiger partial charge in [0.15, 0.2) is 0 Å². The number of hydrogen-bond acceptors (Lipinski definition) is 3. The number of fused-ring (bicyclic) bond motifs is 1. The quantitative estimate of drug-likeness (QED) is 0.496. The zero-order chi connectivity index (χ0) is 22.3. The molecule has 0 spiro atoms. The van der Waals surface area contributed by atoms with Gasteiger partial charge < -0.3 is 15.5 Å². The van der Waals surface area contributed by atoms with E-state index in [1.165, 1.54) is 11.3 Å². The Morgan fingerprint density at radius 1 is 0.906 bits per heavy atom. The third kappa shape index (κ3) is 4.99. The Balaban J connectivity index is 1.40. The summed E-state index contributed by atoms with van der Waals surface area (Å²) in [5.74, 6) is -0.396. The molecule has 0 aliphatic carbocycles. The fourth-order valence-corrected chi connectivity index (χ4v) is 4.01. The molecule has 0 unspecified atom stereocenters. The van der Waals surface area contributed by atoms with Gasteiger partial charge in [0.05, 0.1) is 11.3 Å². The van der Waals surface area contributed by atoms with Crippen LogP contribution in [-0.4, -0.2) is 24.9 Å².